The molecule has 0 aliphatic heterocycles. The zero-order chi connectivity index (χ0) is 8.70. The highest BCUT2D eigenvalue weighted by atomic mass is 15.3. The van der Waals surface area contributed by atoms with Gasteiger partial charge in [-0.1, -0.05) is 20.8 Å². The van der Waals surface area contributed by atoms with Crippen molar-refractivity contribution in [2.75, 3.05) is 0 Å². The third kappa shape index (κ3) is 1.09. The molecule has 11 heavy (non-hydrogen) atoms. The van der Waals surface area contributed by atoms with Gasteiger partial charge in [0.05, 0.1) is 0 Å². The molecule has 1 aliphatic rings. The van der Waals surface area contributed by atoms with Gasteiger partial charge in [-0.3, -0.25) is 11.3 Å². The number of hydrogen-bond donors (Lipinski definition) is 2. The third-order valence-corrected chi connectivity index (χ3v) is 4.05. The number of nitrogens with one attached hydrogen (secondary N) is 1. The maximum absolute atomic E-state index is 5.56. The van der Waals surface area contributed by atoms with Crippen molar-refractivity contribution in [2.45, 2.75) is 46.1 Å². The van der Waals surface area contributed by atoms with Crippen molar-refractivity contribution in [3.63, 3.8) is 0 Å². The molecule has 0 heterocycles. The van der Waals surface area contributed by atoms with Crippen molar-refractivity contribution in [1.82, 2.24) is 5.43 Å². The molecule has 2 unspecified atom stereocenters. The van der Waals surface area contributed by atoms with E-state index in [-0.39, 0.29) is 5.54 Å². The van der Waals surface area contributed by atoms with Gasteiger partial charge in [0, 0.05) is 5.54 Å². The summed E-state index contributed by atoms with van der Waals surface area (Å²) in [4.78, 5) is 0. The molecule has 2 atom stereocenters. The predicted molar refractivity (Wildman–Crippen MR) is 47.9 cm³/mol. The Balaban J connectivity index is 2.86. The molecule has 0 spiro atoms. The van der Waals surface area contributed by atoms with E-state index < -0.39 is 0 Å². The summed E-state index contributed by atoms with van der Waals surface area (Å²) in [6.07, 6.45) is 2.48. The molecular weight excluding hydrogens is 136 g/mol. The van der Waals surface area contributed by atoms with Gasteiger partial charge in [0.15, 0.2) is 0 Å². The predicted octanol–water partition coefficient (Wildman–Crippen LogP) is 1.66. The lowest BCUT2D eigenvalue weighted by Gasteiger charge is -2.40. The van der Waals surface area contributed by atoms with Crippen LogP contribution in [0.25, 0.3) is 0 Å². The van der Waals surface area contributed by atoms with Gasteiger partial charge >= 0.3 is 0 Å². The lowest BCUT2D eigenvalue weighted by molar-refractivity contribution is 0.137. The zero-order valence-electron chi connectivity index (χ0n) is 8.07. The zero-order valence-corrected chi connectivity index (χ0v) is 8.07. The maximum atomic E-state index is 5.56. The number of hydrazine groups is 1. The normalized spacial score (nSPS) is 42.8. The molecule has 0 aromatic carbocycles. The minimum atomic E-state index is 0.131. The fourth-order valence-corrected chi connectivity index (χ4v) is 1.99. The van der Waals surface area contributed by atoms with Crippen LogP contribution in [0, 0.1) is 11.3 Å². The van der Waals surface area contributed by atoms with Gasteiger partial charge in [0.1, 0.15) is 0 Å². The van der Waals surface area contributed by atoms with Crippen LogP contribution in [0.2, 0.25) is 0 Å². The summed E-state index contributed by atoms with van der Waals surface area (Å²) < 4.78 is 0. The SMILES string of the molecule is CC1CCC(C)(NN)C1(C)C. The van der Waals surface area contributed by atoms with E-state index >= 15 is 0 Å². The van der Waals surface area contributed by atoms with Gasteiger partial charge in [-0.15, -0.1) is 0 Å². The molecule has 2 heteroatoms. The van der Waals surface area contributed by atoms with Gasteiger partial charge in [-0.2, -0.15) is 0 Å². The van der Waals surface area contributed by atoms with E-state index in [4.69, 9.17) is 5.84 Å². The fourth-order valence-electron chi connectivity index (χ4n) is 1.99. The van der Waals surface area contributed by atoms with Crippen LogP contribution in [0.4, 0.5) is 0 Å². The van der Waals surface area contributed by atoms with Gasteiger partial charge < -0.3 is 0 Å². The first-order chi connectivity index (χ1) is 4.94. The topological polar surface area (TPSA) is 38.0 Å². The molecule has 3 N–H and O–H groups in total. The molecule has 0 aromatic rings. The van der Waals surface area contributed by atoms with Crippen molar-refractivity contribution in [3.05, 3.63) is 0 Å². The van der Waals surface area contributed by atoms with Crippen LogP contribution in [-0.4, -0.2) is 5.54 Å². The van der Waals surface area contributed by atoms with E-state index in [0.29, 0.717) is 5.41 Å². The molecule has 1 fully saturated rings. The number of nitrogens with two attached hydrogens (primary N) is 1. The molecule has 0 amide bonds. The fraction of sp³-hybridized carbons (Fsp3) is 1.00. The Hall–Kier alpha value is -0.0800. The largest absolute Gasteiger partial charge is 0.271 e. The Morgan fingerprint density at radius 1 is 1.36 bits per heavy atom. The van der Waals surface area contributed by atoms with Crippen LogP contribution in [0.1, 0.15) is 40.5 Å². The number of rotatable bonds is 1. The van der Waals surface area contributed by atoms with Crippen LogP contribution in [0.3, 0.4) is 0 Å². The van der Waals surface area contributed by atoms with Crippen LogP contribution in [0.5, 0.6) is 0 Å². The molecule has 1 aliphatic carbocycles. The van der Waals surface area contributed by atoms with E-state index in [0.717, 1.165) is 5.92 Å². The van der Waals surface area contributed by atoms with E-state index in [2.05, 4.69) is 33.1 Å². The van der Waals surface area contributed by atoms with E-state index in [1.807, 2.05) is 0 Å². The molecule has 0 bridgehead atoms. The van der Waals surface area contributed by atoms with Gasteiger partial charge in [-0.25, -0.2) is 0 Å². The lowest BCUT2D eigenvalue weighted by Crippen LogP contribution is -2.54. The third-order valence-electron chi connectivity index (χ3n) is 4.05. The standard InChI is InChI=1S/C9H20N2/c1-7-5-6-9(4,11-10)8(7,2)3/h7,11H,5-6,10H2,1-4H3. The highest BCUT2D eigenvalue weighted by Gasteiger charge is 2.48. The second-order valence-electron chi connectivity index (χ2n) is 4.64. The van der Waals surface area contributed by atoms with E-state index in [1.54, 1.807) is 0 Å². The Labute approximate surface area is 69.5 Å². The van der Waals surface area contributed by atoms with Crippen molar-refractivity contribution >= 4 is 0 Å². The first-order valence-electron chi connectivity index (χ1n) is 4.42. The summed E-state index contributed by atoms with van der Waals surface area (Å²) in [6.45, 7) is 9.12. The van der Waals surface area contributed by atoms with Crippen molar-refractivity contribution < 1.29 is 0 Å². The Morgan fingerprint density at radius 3 is 2.09 bits per heavy atom. The molecule has 1 rings (SSSR count). The van der Waals surface area contributed by atoms with Crippen LogP contribution in [-0.2, 0) is 0 Å². The molecule has 0 saturated heterocycles. The lowest BCUT2D eigenvalue weighted by atomic mass is 9.72. The van der Waals surface area contributed by atoms with Crippen molar-refractivity contribution in [3.8, 4) is 0 Å². The Morgan fingerprint density at radius 2 is 1.91 bits per heavy atom. The minimum absolute atomic E-state index is 0.131. The maximum Gasteiger partial charge on any atom is 0.0346 e. The van der Waals surface area contributed by atoms with E-state index in [1.165, 1.54) is 12.8 Å². The average Bonchev–Trinajstić information content (AvgIpc) is 2.15. The second kappa shape index (κ2) is 2.46. The Kier molecular flexibility index (Phi) is 2.01. The second-order valence-corrected chi connectivity index (χ2v) is 4.64. The quantitative estimate of drug-likeness (QED) is 0.447. The first-order valence-corrected chi connectivity index (χ1v) is 4.42. The summed E-state index contributed by atoms with van der Waals surface area (Å²) in [5.74, 6) is 6.32. The van der Waals surface area contributed by atoms with Crippen molar-refractivity contribution in [1.29, 1.82) is 0 Å². The summed E-state index contributed by atoms with van der Waals surface area (Å²) in [5.41, 5.74) is 3.41. The molecule has 0 radical (unpaired) electrons. The summed E-state index contributed by atoms with van der Waals surface area (Å²) in [7, 11) is 0. The monoisotopic (exact) mass is 156 g/mol. The minimum Gasteiger partial charge on any atom is -0.271 e. The van der Waals surface area contributed by atoms with Crippen LogP contribution >= 0.6 is 0 Å². The van der Waals surface area contributed by atoms with Gasteiger partial charge in [0.2, 0.25) is 0 Å². The summed E-state index contributed by atoms with van der Waals surface area (Å²) in [5, 5.41) is 0. The van der Waals surface area contributed by atoms with Crippen LogP contribution < -0.4 is 11.3 Å². The smallest absolute Gasteiger partial charge is 0.0346 e. The highest BCUT2D eigenvalue weighted by molar-refractivity contribution is 5.03. The van der Waals surface area contributed by atoms with Crippen molar-refractivity contribution in [2.24, 2.45) is 17.2 Å². The molecule has 0 aromatic heterocycles. The van der Waals surface area contributed by atoms with E-state index in [9.17, 15) is 0 Å². The highest BCUT2D eigenvalue weighted by Crippen LogP contribution is 2.49. The average molecular weight is 156 g/mol. The van der Waals surface area contributed by atoms with Crippen LogP contribution in [0.15, 0.2) is 0 Å². The molecular formula is C9H20N2. The number of hydrogen-bond acceptors (Lipinski definition) is 2. The first kappa shape index (κ1) is 9.01. The molecule has 2 nitrogen and oxygen atoms in total. The molecule has 66 valence electrons. The summed E-state index contributed by atoms with van der Waals surface area (Å²) >= 11 is 0. The van der Waals surface area contributed by atoms with Gasteiger partial charge in [-0.05, 0) is 31.1 Å². The Bertz CT molecular complexity index is 151. The van der Waals surface area contributed by atoms with Gasteiger partial charge in [0.25, 0.3) is 0 Å². The molecule has 1 saturated carbocycles. The summed E-state index contributed by atoms with van der Waals surface area (Å²) in [6, 6.07) is 0.